The SMILES string of the molecule is CCCNC(=O)C(C)NC(C)CCN(C)C. The van der Waals surface area contributed by atoms with Gasteiger partial charge in [-0.3, -0.25) is 4.79 Å². The van der Waals surface area contributed by atoms with E-state index in [1.807, 2.05) is 6.92 Å². The number of amides is 1. The van der Waals surface area contributed by atoms with Crippen LogP contribution in [0.3, 0.4) is 0 Å². The molecule has 2 N–H and O–H groups in total. The Morgan fingerprint density at radius 1 is 1.31 bits per heavy atom. The smallest absolute Gasteiger partial charge is 0.236 e. The zero-order valence-corrected chi connectivity index (χ0v) is 11.3. The van der Waals surface area contributed by atoms with E-state index in [0.29, 0.717) is 6.04 Å². The highest BCUT2D eigenvalue weighted by atomic mass is 16.2. The molecule has 0 aromatic rings. The van der Waals surface area contributed by atoms with Crippen LogP contribution in [0.1, 0.15) is 33.6 Å². The Kier molecular flexibility index (Phi) is 8.21. The van der Waals surface area contributed by atoms with E-state index >= 15 is 0 Å². The molecule has 0 bridgehead atoms. The molecular formula is C12H27N3O. The van der Waals surface area contributed by atoms with Gasteiger partial charge in [0.1, 0.15) is 0 Å². The van der Waals surface area contributed by atoms with Gasteiger partial charge in [-0.25, -0.2) is 0 Å². The largest absolute Gasteiger partial charge is 0.355 e. The number of nitrogens with one attached hydrogen (secondary N) is 2. The van der Waals surface area contributed by atoms with Crippen molar-refractivity contribution in [3.05, 3.63) is 0 Å². The Labute approximate surface area is 99.8 Å². The minimum atomic E-state index is -0.108. The van der Waals surface area contributed by atoms with Gasteiger partial charge in [0.05, 0.1) is 6.04 Å². The van der Waals surface area contributed by atoms with E-state index < -0.39 is 0 Å². The standard InChI is InChI=1S/C12H27N3O/c1-6-8-13-12(16)11(3)14-10(2)7-9-15(4)5/h10-11,14H,6-9H2,1-5H3,(H,13,16). The molecule has 4 nitrogen and oxygen atoms in total. The number of hydrogen-bond acceptors (Lipinski definition) is 3. The van der Waals surface area contributed by atoms with Gasteiger partial charge in [0.15, 0.2) is 0 Å². The molecule has 4 heteroatoms. The highest BCUT2D eigenvalue weighted by molar-refractivity contribution is 5.81. The van der Waals surface area contributed by atoms with E-state index in [1.165, 1.54) is 0 Å². The van der Waals surface area contributed by atoms with Crippen LogP contribution < -0.4 is 10.6 Å². The molecule has 0 heterocycles. The molecule has 0 saturated carbocycles. The Morgan fingerprint density at radius 2 is 1.94 bits per heavy atom. The van der Waals surface area contributed by atoms with Gasteiger partial charge in [0.25, 0.3) is 0 Å². The topological polar surface area (TPSA) is 44.4 Å². The normalized spacial score (nSPS) is 14.9. The predicted molar refractivity (Wildman–Crippen MR) is 68.5 cm³/mol. The van der Waals surface area contributed by atoms with E-state index in [2.05, 4.69) is 43.5 Å². The Bertz CT molecular complexity index is 195. The first-order valence-electron chi connectivity index (χ1n) is 6.15. The number of nitrogens with zero attached hydrogens (tertiary/aromatic N) is 1. The summed E-state index contributed by atoms with van der Waals surface area (Å²) in [7, 11) is 4.12. The van der Waals surface area contributed by atoms with Crippen molar-refractivity contribution in [2.45, 2.75) is 45.7 Å². The van der Waals surface area contributed by atoms with Crippen LogP contribution in [0.2, 0.25) is 0 Å². The summed E-state index contributed by atoms with van der Waals surface area (Å²) < 4.78 is 0. The lowest BCUT2D eigenvalue weighted by atomic mass is 10.2. The summed E-state index contributed by atoms with van der Waals surface area (Å²) in [5, 5.41) is 6.20. The molecule has 2 atom stereocenters. The summed E-state index contributed by atoms with van der Waals surface area (Å²) in [6.07, 6.45) is 2.03. The summed E-state index contributed by atoms with van der Waals surface area (Å²) in [6, 6.07) is 0.258. The number of hydrogen-bond donors (Lipinski definition) is 2. The van der Waals surface area contributed by atoms with Crippen molar-refractivity contribution in [2.24, 2.45) is 0 Å². The first-order chi connectivity index (χ1) is 7.47. The van der Waals surface area contributed by atoms with Crippen molar-refractivity contribution >= 4 is 5.91 Å². The molecule has 0 rings (SSSR count). The maximum absolute atomic E-state index is 11.6. The van der Waals surface area contributed by atoms with Gasteiger partial charge in [-0.1, -0.05) is 6.92 Å². The number of carbonyl (C=O) groups excluding carboxylic acids is 1. The monoisotopic (exact) mass is 229 g/mol. The van der Waals surface area contributed by atoms with Crippen molar-refractivity contribution in [1.82, 2.24) is 15.5 Å². The fourth-order valence-corrected chi connectivity index (χ4v) is 1.44. The average Bonchev–Trinajstić information content (AvgIpc) is 2.22. The molecular weight excluding hydrogens is 202 g/mol. The van der Waals surface area contributed by atoms with E-state index in [1.54, 1.807) is 0 Å². The van der Waals surface area contributed by atoms with Crippen LogP contribution >= 0.6 is 0 Å². The molecule has 0 aliphatic heterocycles. The second kappa shape index (κ2) is 8.53. The van der Waals surface area contributed by atoms with Crippen LogP contribution in [0, 0.1) is 0 Å². The van der Waals surface area contributed by atoms with E-state index in [9.17, 15) is 4.79 Å². The van der Waals surface area contributed by atoms with Crippen LogP contribution in [0.5, 0.6) is 0 Å². The van der Waals surface area contributed by atoms with Gasteiger partial charge in [0.2, 0.25) is 5.91 Å². The van der Waals surface area contributed by atoms with Gasteiger partial charge in [-0.15, -0.1) is 0 Å². The molecule has 1 amide bonds. The third-order valence-corrected chi connectivity index (χ3v) is 2.49. The van der Waals surface area contributed by atoms with Crippen LogP contribution in [0.4, 0.5) is 0 Å². The minimum Gasteiger partial charge on any atom is -0.355 e. The van der Waals surface area contributed by atoms with Gasteiger partial charge < -0.3 is 15.5 Å². The van der Waals surface area contributed by atoms with Crippen molar-refractivity contribution in [2.75, 3.05) is 27.2 Å². The molecule has 0 radical (unpaired) electrons. The van der Waals surface area contributed by atoms with Crippen molar-refractivity contribution < 1.29 is 4.79 Å². The maximum Gasteiger partial charge on any atom is 0.236 e. The van der Waals surface area contributed by atoms with Crippen LogP contribution in [0.25, 0.3) is 0 Å². The summed E-state index contributed by atoms with van der Waals surface area (Å²) in [5.74, 6) is 0.0959. The fraction of sp³-hybridized carbons (Fsp3) is 0.917. The lowest BCUT2D eigenvalue weighted by Crippen LogP contribution is -2.46. The molecule has 0 aliphatic rings. The molecule has 0 aromatic carbocycles. The highest BCUT2D eigenvalue weighted by Crippen LogP contribution is 1.95. The molecule has 0 fully saturated rings. The summed E-state index contributed by atoms with van der Waals surface area (Å²) >= 11 is 0. The van der Waals surface area contributed by atoms with Gasteiger partial charge >= 0.3 is 0 Å². The number of carbonyl (C=O) groups is 1. The first kappa shape index (κ1) is 15.4. The molecule has 96 valence electrons. The molecule has 16 heavy (non-hydrogen) atoms. The Balaban J connectivity index is 3.75. The maximum atomic E-state index is 11.6. The van der Waals surface area contributed by atoms with Gasteiger partial charge in [-0.05, 0) is 47.3 Å². The minimum absolute atomic E-state index is 0.0959. The zero-order chi connectivity index (χ0) is 12.6. The lowest BCUT2D eigenvalue weighted by Gasteiger charge is -2.21. The van der Waals surface area contributed by atoms with Crippen LogP contribution in [-0.2, 0) is 4.79 Å². The van der Waals surface area contributed by atoms with Crippen molar-refractivity contribution in [1.29, 1.82) is 0 Å². The van der Waals surface area contributed by atoms with Gasteiger partial charge in [0, 0.05) is 12.6 Å². The second-order valence-corrected chi connectivity index (χ2v) is 4.67. The fourth-order valence-electron chi connectivity index (χ4n) is 1.44. The molecule has 0 aliphatic carbocycles. The highest BCUT2D eigenvalue weighted by Gasteiger charge is 2.14. The zero-order valence-electron chi connectivity index (χ0n) is 11.3. The molecule has 0 saturated heterocycles. The third kappa shape index (κ3) is 7.65. The molecule has 2 unspecified atom stereocenters. The summed E-state index contributed by atoms with van der Waals surface area (Å²) in [6.45, 7) is 7.89. The van der Waals surface area contributed by atoms with E-state index in [-0.39, 0.29) is 11.9 Å². The third-order valence-electron chi connectivity index (χ3n) is 2.49. The Morgan fingerprint density at radius 3 is 2.44 bits per heavy atom. The summed E-state index contributed by atoms with van der Waals surface area (Å²) in [4.78, 5) is 13.7. The van der Waals surface area contributed by atoms with Gasteiger partial charge in [-0.2, -0.15) is 0 Å². The second-order valence-electron chi connectivity index (χ2n) is 4.67. The number of rotatable bonds is 8. The molecule has 0 aromatic heterocycles. The molecule has 0 spiro atoms. The van der Waals surface area contributed by atoms with Crippen molar-refractivity contribution in [3.8, 4) is 0 Å². The van der Waals surface area contributed by atoms with Crippen LogP contribution in [0.15, 0.2) is 0 Å². The lowest BCUT2D eigenvalue weighted by molar-refractivity contribution is -0.122. The predicted octanol–water partition coefficient (Wildman–Crippen LogP) is 0.831. The van der Waals surface area contributed by atoms with E-state index in [4.69, 9.17) is 0 Å². The summed E-state index contributed by atoms with van der Waals surface area (Å²) in [5.41, 5.74) is 0. The van der Waals surface area contributed by atoms with E-state index in [0.717, 1.165) is 25.9 Å². The quantitative estimate of drug-likeness (QED) is 0.648. The Hall–Kier alpha value is -0.610. The van der Waals surface area contributed by atoms with Crippen molar-refractivity contribution in [3.63, 3.8) is 0 Å². The average molecular weight is 229 g/mol. The first-order valence-corrected chi connectivity index (χ1v) is 6.15. The van der Waals surface area contributed by atoms with Crippen LogP contribution in [-0.4, -0.2) is 50.1 Å².